The molecule has 1 N–H and O–H groups in total. The lowest BCUT2D eigenvalue weighted by molar-refractivity contribution is 0.783. The molecule has 1 aromatic heterocycles. The summed E-state index contributed by atoms with van der Waals surface area (Å²) in [5, 5.41) is 3.14. The lowest BCUT2D eigenvalue weighted by atomic mass is 10.2. The van der Waals surface area contributed by atoms with E-state index in [0.717, 1.165) is 28.1 Å². The number of imidazole rings is 1. The third kappa shape index (κ3) is 2.42. The minimum atomic E-state index is 0.802. The maximum Gasteiger partial charge on any atom is 0.140 e. The number of rotatable bonds is 3. The fourth-order valence-corrected chi connectivity index (χ4v) is 2.09. The number of nitrogens with one attached hydrogen (secondary N) is 1. The molecule has 0 aliphatic carbocycles. The molecule has 17 heavy (non-hydrogen) atoms. The van der Waals surface area contributed by atoms with E-state index in [1.54, 1.807) is 0 Å². The third-order valence-corrected chi connectivity index (χ3v) is 3.45. The molecule has 0 spiro atoms. The standard InChI is InChI=1S/C13H16BrN3/c1-9-12(8-15-2)16-13(17(9)3)10-4-6-11(14)7-5-10/h4-7,15H,8H2,1-3H3. The molecule has 0 amide bonds. The maximum atomic E-state index is 4.68. The highest BCUT2D eigenvalue weighted by atomic mass is 79.9. The molecule has 0 saturated heterocycles. The van der Waals surface area contributed by atoms with Crippen LogP contribution in [0.5, 0.6) is 0 Å². The van der Waals surface area contributed by atoms with Gasteiger partial charge in [0.1, 0.15) is 5.82 Å². The molecule has 0 fully saturated rings. The summed E-state index contributed by atoms with van der Waals surface area (Å²) in [6.07, 6.45) is 0. The zero-order valence-electron chi connectivity index (χ0n) is 10.3. The van der Waals surface area contributed by atoms with E-state index >= 15 is 0 Å². The zero-order chi connectivity index (χ0) is 12.4. The van der Waals surface area contributed by atoms with E-state index < -0.39 is 0 Å². The Bertz CT molecular complexity index is 514. The molecule has 3 nitrogen and oxygen atoms in total. The van der Waals surface area contributed by atoms with E-state index in [1.807, 2.05) is 19.2 Å². The molecule has 0 bridgehead atoms. The Hall–Kier alpha value is -1.13. The van der Waals surface area contributed by atoms with Crippen molar-refractivity contribution in [2.45, 2.75) is 13.5 Å². The molecule has 2 aromatic rings. The SMILES string of the molecule is CNCc1nc(-c2ccc(Br)cc2)n(C)c1C. The van der Waals surface area contributed by atoms with Crippen molar-refractivity contribution in [1.82, 2.24) is 14.9 Å². The highest BCUT2D eigenvalue weighted by Gasteiger charge is 2.11. The highest BCUT2D eigenvalue weighted by molar-refractivity contribution is 9.10. The number of hydrogen-bond donors (Lipinski definition) is 1. The first-order valence-corrected chi connectivity index (χ1v) is 6.35. The molecule has 1 aromatic carbocycles. The first-order chi connectivity index (χ1) is 8.13. The molecule has 0 aliphatic heterocycles. The van der Waals surface area contributed by atoms with Crippen LogP contribution in [-0.4, -0.2) is 16.6 Å². The van der Waals surface area contributed by atoms with Crippen LogP contribution in [0, 0.1) is 6.92 Å². The van der Waals surface area contributed by atoms with Crippen LogP contribution in [0.2, 0.25) is 0 Å². The number of halogens is 1. The molecule has 4 heteroatoms. The van der Waals surface area contributed by atoms with Crippen molar-refractivity contribution in [2.24, 2.45) is 7.05 Å². The van der Waals surface area contributed by atoms with Gasteiger partial charge < -0.3 is 9.88 Å². The third-order valence-electron chi connectivity index (χ3n) is 2.93. The van der Waals surface area contributed by atoms with Crippen LogP contribution in [0.25, 0.3) is 11.4 Å². The lowest BCUT2D eigenvalue weighted by Gasteiger charge is -2.03. The predicted molar refractivity (Wildman–Crippen MR) is 73.8 cm³/mol. The molecule has 90 valence electrons. The van der Waals surface area contributed by atoms with Gasteiger partial charge in [0, 0.05) is 29.3 Å². The Morgan fingerprint density at radius 1 is 1.29 bits per heavy atom. The van der Waals surface area contributed by atoms with Crippen molar-refractivity contribution in [3.63, 3.8) is 0 Å². The molecule has 0 unspecified atom stereocenters. The molecule has 0 radical (unpaired) electrons. The highest BCUT2D eigenvalue weighted by Crippen LogP contribution is 2.22. The van der Waals surface area contributed by atoms with Crippen molar-refractivity contribution in [2.75, 3.05) is 7.05 Å². The van der Waals surface area contributed by atoms with E-state index in [1.165, 1.54) is 5.69 Å². The fourth-order valence-electron chi connectivity index (χ4n) is 1.83. The summed E-state index contributed by atoms with van der Waals surface area (Å²) >= 11 is 3.44. The first-order valence-electron chi connectivity index (χ1n) is 5.56. The predicted octanol–water partition coefficient (Wildman–Crippen LogP) is 2.88. The summed E-state index contributed by atoms with van der Waals surface area (Å²) < 4.78 is 3.22. The second-order valence-corrected chi connectivity index (χ2v) is 4.98. The van der Waals surface area contributed by atoms with Crippen LogP contribution in [-0.2, 0) is 13.6 Å². The van der Waals surface area contributed by atoms with Crippen molar-refractivity contribution in [1.29, 1.82) is 0 Å². The Morgan fingerprint density at radius 2 is 1.94 bits per heavy atom. The van der Waals surface area contributed by atoms with Crippen molar-refractivity contribution >= 4 is 15.9 Å². The van der Waals surface area contributed by atoms with Crippen LogP contribution < -0.4 is 5.32 Å². The first kappa shape index (κ1) is 12.3. The largest absolute Gasteiger partial charge is 0.331 e. The monoisotopic (exact) mass is 293 g/mol. The van der Waals surface area contributed by atoms with Crippen LogP contribution in [0.15, 0.2) is 28.7 Å². The summed E-state index contributed by atoms with van der Waals surface area (Å²) in [6, 6.07) is 8.23. The van der Waals surface area contributed by atoms with Crippen molar-refractivity contribution in [3.05, 3.63) is 40.1 Å². The summed E-state index contributed by atoms with van der Waals surface area (Å²) in [5.41, 5.74) is 3.45. The van der Waals surface area contributed by atoms with Crippen LogP contribution in [0.4, 0.5) is 0 Å². The molecule has 1 heterocycles. The van der Waals surface area contributed by atoms with Crippen LogP contribution in [0.3, 0.4) is 0 Å². The Morgan fingerprint density at radius 3 is 2.53 bits per heavy atom. The van der Waals surface area contributed by atoms with Gasteiger partial charge in [-0.3, -0.25) is 0 Å². The van der Waals surface area contributed by atoms with E-state index in [-0.39, 0.29) is 0 Å². The number of nitrogens with zero attached hydrogens (tertiary/aromatic N) is 2. The lowest BCUT2D eigenvalue weighted by Crippen LogP contribution is -2.07. The van der Waals surface area contributed by atoms with Gasteiger partial charge in [0.05, 0.1) is 5.69 Å². The zero-order valence-corrected chi connectivity index (χ0v) is 11.9. The number of aromatic nitrogens is 2. The van der Waals surface area contributed by atoms with E-state index in [4.69, 9.17) is 0 Å². The van der Waals surface area contributed by atoms with Gasteiger partial charge in [0.15, 0.2) is 0 Å². The summed E-state index contributed by atoms with van der Waals surface area (Å²) in [4.78, 5) is 4.68. The number of hydrogen-bond acceptors (Lipinski definition) is 2. The average Bonchev–Trinajstić information content (AvgIpc) is 2.59. The summed E-state index contributed by atoms with van der Waals surface area (Å²) in [7, 11) is 3.99. The topological polar surface area (TPSA) is 29.9 Å². The Labute approximate surface area is 110 Å². The molecular formula is C13H16BrN3. The van der Waals surface area contributed by atoms with E-state index in [0.29, 0.717) is 0 Å². The van der Waals surface area contributed by atoms with Gasteiger partial charge in [-0.15, -0.1) is 0 Å². The molecular weight excluding hydrogens is 278 g/mol. The minimum Gasteiger partial charge on any atom is -0.331 e. The molecule has 0 aliphatic rings. The summed E-state index contributed by atoms with van der Waals surface area (Å²) in [6.45, 7) is 2.90. The normalized spacial score (nSPS) is 10.8. The van der Waals surface area contributed by atoms with Crippen molar-refractivity contribution < 1.29 is 0 Å². The van der Waals surface area contributed by atoms with Gasteiger partial charge in [0.25, 0.3) is 0 Å². The van der Waals surface area contributed by atoms with Gasteiger partial charge in [-0.25, -0.2) is 4.98 Å². The Kier molecular flexibility index (Phi) is 3.64. The van der Waals surface area contributed by atoms with Gasteiger partial charge in [0.2, 0.25) is 0 Å². The van der Waals surface area contributed by atoms with Gasteiger partial charge >= 0.3 is 0 Å². The number of benzene rings is 1. The molecule has 0 atom stereocenters. The van der Waals surface area contributed by atoms with Crippen LogP contribution in [0.1, 0.15) is 11.4 Å². The molecule has 2 rings (SSSR count). The minimum absolute atomic E-state index is 0.802. The fraction of sp³-hybridized carbons (Fsp3) is 0.308. The average molecular weight is 294 g/mol. The quantitative estimate of drug-likeness (QED) is 0.943. The van der Waals surface area contributed by atoms with E-state index in [9.17, 15) is 0 Å². The van der Waals surface area contributed by atoms with E-state index in [2.05, 4.69) is 56.9 Å². The molecule has 0 saturated carbocycles. The van der Waals surface area contributed by atoms with Crippen molar-refractivity contribution in [3.8, 4) is 11.4 Å². The smallest absolute Gasteiger partial charge is 0.140 e. The second kappa shape index (κ2) is 5.02. The van der Waals surface area contributed by atoms with Gasteiger partial charge in [-0.05, 0) is 26.1 Å². The van der Waals surface area contributed by atoms with Gasteiger partial charge in [-0.1, -0.05) is 28.1 Å². The summed E-state index contributed by atoms with van der Waals surface area (Å²) in [5.74, 6) is 1.01. The second-order valence-electron chi connectivity index (χ2n) is 4.06. The van der Waals surface area contributed by atoms with Crippen LogP contribution >= 0.6 is 15.9 Å². The maximum absolute atomic E-state index is 4.68. The van der Waals surface area contributed by atoms with Gasteiger partial charge in [-0.2, -0.15) is 0 Å². The Balaban J connectivity index is 2.45.